The number of benzene rings is 1. The molecular weight excluding hydrogens is 361 g/mol. The minimum Gasteiger partial charge on any atom is -0.355 e. The summed E-state index contributed by atoms with van der Waals surface area (Å²) in [5.41, 5.74) is 0.917. The van der Waals surface area contributed by atoms with Crippen molar-refractivity contribution in [3.8, 4) is 11.3 Å². The second-order valence-corrected chi connectivity index (χ2v) is 5.88. The number of carbonyl (C=O) groups excluding carboxylic acids is 1. The van der Waals surface area contributed by atoms with Gasteiger partial charge in [-0.15, -0.1) is 0 Å². The summed E-state index contributed by atoms with van der Waals surface area (Å²) in [7, 11) is 0. The predicted octanol–water partition coefficient (Wildman–Crippen LogP) is 3.70. The maximum absolute atomic E-state index is 12.9. The number of hydrogen-bond donors (Lipinski definition) is 1. The Morgan fingerprint density at radius 1 is 1.19 bits per heavy atom. The van der Waals surface area contributed by atoms with Gasteiger partial charge in [-0.1, -0.05) is 17.3 Å². The molecule has 0 aliphatic carbocycles. The van der Waals surface area contributed by atoms with Crippen molar-refractivity contribution < 1.29 is 22.5 Å². The van der Waals surface area contributed by atoms with Crippen molar-refractivity contribution in [1.82, 2.24) is 20.4 Å². The molecule has 2 heterocycles. The smallest absolute Gasteiger partial charge is 0.355 e. The Morgan fingerprint density at radius 3 is 2.63 bits per heavy atom. The van der Waals surface area contributed by atoms with Gasteiger partial charge >= 0.3 is 6.18 Å². The Labute approximate surface area is 152 Å². The zero-order valence-corrected chi connectivity index (χ0v) is 14.5. The van der Waals surface area contributed by atoms with Gasteiger partial charge in [-0.2, -0.15) is 13.2 Å². The van der Waals surface area contributed by atoms with Crippen molar-refractivity contribution in [1.29, 1.82) is 0 Å². The van der Waals surface area contributed by atoms with Crippen LogP contribution in [0.1, 0.15) is 33.0 Å². The monoisotopic (exact) mass is 376 g/mol. The van der Waals surface area contributed by atoms with E-state index >= 15 is 0 Å². The molecule has 27 heavy (non-hydrogen) atoms. The largest absolute Gasteiger partial charge is 0.416 e. The van der Waals surface area contributed by atoms with Crippen molar-refractivity contribution in [3.63, 3.8) is 0 Å². The molecular formula is C18H15F3N4O2. The summed E-state index contributed by atoms with van der Waals surface area (Å²) in [5, 5.41) is 6.38. The van der Waals surface area contributed by atoms with Crippen LogP contribution in [0.3, 0.4) is 0 Å². The summed E-state index contributed by atoms with van der Waals surface area (Å²) in [6, 6.07) is 4.54. The molecule has 1 N–H and O–H groups in total. The Bertz CT molecular complexity index is 965. The highest BCUT2D eigenvalue weighted by atomic mass is 19.4. The van der Waals surface area contributed by atoms with Gasteiger partial charge in [0.1, 0.15) is 5.56 Å². The van der Waals surface area contributed by atoms with Crippen molar-refractivity contribution in [2.75, 3.05) is 0 Å². The minimum atomic E-state index is -4.50. The van der Waals surface area contributed by atoms with Crippen LogP contribution < -0.4 is 5.32 Å². The first kappa shape index (κ1) is 18.6. The lowest BCUT2D eigenvalue weighted by molar-refractivity contribution is -0.137. The van der Waals surface area contributed by atoms with Gasteiger partial charge in [0.2, 0.25) is 0 Å². The normalized spacial score (nSPS) is 11.4. The first-order valence-electron chi connectivity index (χ1n) is 7.95. The molecule has 0 saturated carbocycles. The van der Waals surface area contributed by atoms with E-state index in [0.29, 0.717) is 5.69 Å². The van der Waals surface area contributed by atoms with Crippen molar-refractivity contribution in [2.24, 2.45) is 0 Å². The van der Waals surface area contributed by atoms with E-state index in [0.717, 1.165) is 17.8 Å². The molecule has 0 radical (unpaired) electrons. The van der Waals surface area contributed by atoms with E-state index in [-0.39, 0.29) is 29.1 Å². The lowest BCUT2D eigenvalue weighted by atomic mass is 10.0. The maximum Gasteiger partial charge on any atom is 0.416 e. The van der Waals surface area contributed by atoms with Gasteiger partial charge in [-0.25, -0.2) is 0 Å². The molecule has 3 rings (SSSR count). The molecule has 0 unspecified atom stereocenters. The summed E-state index contributed by atoms with van der Waals surface area (Å²) < 4.78 is 44.0. The van der Waals surface area contributed by atoms with E-state index in [9.17, 15) is 18.0 Å². The molecule has 6 nitrogen and oxygen atoms in total. The van der Waals surface area contributed by atoms with Crippen molar-refractivity contribution >= 4 is 5.91 Å². The molecule has 0 aliphatic heterocycles. The van der Waals surface area contributed by atoms with E-state index in [1.165, 1.54) is 18.3 Å². The Balaban J connectivity index is 1.86. The molecule has 3 aromatic rings. The fourth-order valence-electron chi connectivity index (χ4n) is 2.44. The molecule has 0 atom stereocenters. The number of alkyl halides is 3. The standard InChI is InChI=1S/C18H15F3N4O2/c1-10-7-23-14(8-22-10)9-24-17(26)15-11(2)25-27-16(15)12-4-3-5-13(6-12)18(19,20)21/h3-8H,9H2,1-2H3,(H,24,26). The zero-order chi connectivity index (χ0) is 19.6. The zero-order valence-electron chi connectivity index (χ0n) is 14.5. The van der Waals surface area contributed by atoms with Gasteiger partial charge in [-0.05, 0) is 26.0 Å². The first-order chi connectivity index (χ1) is 12.8. The van der Waals surface area contributed by atoms with Crippen LogP contribution in [-0.4, -0.2) is 21.0 Å². The maximum atomic E-state index is 12.9. The third kappa shape index (κ3) is 4.13. The van der Waals surface area contributed by atoms with Gasteiger partial charge in [0, 0.05) is 11.8 Å². The van der Waals surface area contributed by atoms with Crippen LogP contribution in [-0.2, 0) is 12.7 Å². The van der Waals surface area contributed by atoms with Crippen LogP contribution in [0.2, 0.25) is 0 Å². The summed E-state index contributed by atoms with van der Waals surface area (Å²) in [4.78, 5) is 20.8. The van der Waals surface area contributed by atoms with E-state index in [2.05, 4.69) is 20.4 Å². The Kier molecular flexibility index (Phi) is 4.93. The number of rotatable bonds is 4. The molecule has 1 amide bonds. The highest BCUT2D eigenvalue weighted by Gasteiger charge is 2.31. The van der Waals surface area contributed by atoms with E-state index in [1.807, 2.05) is 0 Å². The van der Waals surface area contributed by atoms with Crippen LogP contribution in [0, 0.1) is 13.8 Å². The lowest BCUT2D eigenvalue weighted by Gasteiger charge is -2.09. The van der Waals surface area contributed by atoms with Crippen LogP contribution in [0.5, 0.6) is 0 Å². The second kappa shape index (κ2) is 7.18. The first-order valence-corrected chi connectivity index (χ1v) is 7.95. The molecule has 9 heteroatoms. The molecule has 1 aromatic carbocycles. The summed E-state index contributed by atoms with van der Waals surface area (Å²) >= 11 is 0. The fraction of sp³-hybridized carbons (Fsp3) is 0.222. The number of aromatic nitrogens is 3. The highest BCUT2D eigenvalue weighted by molar-refractivity contribution is 6.00. The number of carbonyl (C=O) groups is 1. The number of aryl methyl sites for hydroxylation is 2. The average molecular weight is 376 g/mol. The molecule has 0 bridgehead atoms. The Hall–Kier alpha value is -3.23. The van der Waals surface area contributed by atoms with Gasteiger partial charge in [0.15, 0.2) is 5.76 Å². The quantitative estimate of drug-likeness (QED) is 0.751. The average Bonchev–Trinajstić information content (AvgIpc) is 3.02. The minimum absolute atomic E-state index is 0.0221. The molecule has 0 aliphatic rings. The lowest BCUT2D eigenvalue weighted by Crippen LogP contribution is -2.24. The third-order valence-corrected chi connectivity index (χ3v) is 3.81. The predicted molar refractivity (Wildman–Crippen MR) is 89.6 cm³/mol. The summed E-state index contributed by atoms with van der Waals surface area (Å²) in [5.74, 6) is -0.547. The summed E-state index contributed by atoms with van der Waals surface area (Å²) in [6.07, 6.45) is -1.40. The molecule has 2 aromatic heterocycles. The van der Waals surface area contributed by atoms with Gasteiger partial charge in [0.25, 0.3) is 5.91 Å². The van der Waals surface area contributed by atoms with Crippen molar-refractivity contribution in [2.45, 2.75) is 26.6 Å². The van der Waals surface area contributed by atoms with Crippen LogP contribution in [0.25, 0.3) is 11.3 Å². The van der Waals surface area contributed by atoms with Crippen LogP contribution in [0.15, 0.2) is 41.2 Å². The van der Waals surface area contributed by atoms with E-state index < -0.39 is 17.6 Å². The summed E-state index contributed by atoms with van der Waals surface area (Å²) in [6.45, 7) is 3.44. The molecule has 0 spiro atoms. The van der Waals surface area contributed by atoms with Gasteiger partial charge in [-0.3, -0.25) is 14.8 Å². The molecule has 140 valence electrons. The highest BCUT2D eigenvalue weighted by Crippen LogP contribution is 2.33. The van der Waals surface area contributed by atoms with Gasteiger partial charge < -0.3 is 9.84 Å². The Morgan fingerprint density at radius 2 is 1.96 bits per heavy atom. The molecule has 0 fully saturated rings. The van der Waals surface area contributed by atoms with Crippen LogP contribution in [0.4, 0.5) is 13.2 Å². The number of hydrogen-bond acceptors (Lipinski definition) is 5. The fourth-order valence-corrected chi connectivity index (χ4v) is 2.44. The second-order valence-electron chi connectivity index (χ2n) is 5.88. The topological polar surface area (TPSA) is 80.9 Å². The van der Waals surface area contributed by atoms with E-state index in [4.69, 9.17) is 4.52 Å². The van der Waals surface area contributed by atoms with Crippen molar-refractivity contribution in [3.05, 3.63) is 64.9 Å². The number of nitrogens with one attached hydrogen (secondary N) is 1. The number of halogens is 3. The third-order valence-electron chi connectivity index (χ3n) is 3.81. The number of nitrogens with zero attached hydrogens (tertiary/aromatic N) is 3. The number of amides is 1. The molecule has 0 saturated heterocycles. The van der Waals surface area contributed by atoms with Crippen LogP contribution >= 0.6 is 0 Å². The SMILES string of the molecule is Cc1cnc(CNC(=O)c2c(C)noc2-c2cccc(C(F)(F)F)c2)cn1. The van der Waals surface area contributed by atoms with Gasteiger partial charge in [0.05, 0.1) is 35.4 Å². The van der Waals surface area contributed by atoms with E-state index in [1.54, 1.807) is 20.0 Å².